The molecule has 2 aromatic rings. The Balaban J connectivity index is 1.34. The summed E-state index contributed by atoms with van der Waals surface area (Å²) in [6.45, 7) is 4.51. The normalized spacial score (nSPS) is 35.4. The van der Waals surface area contributed by atoms with Crippen molar-refractivity contribution in [2.24, 2.45) is 28.6 Å². The fraction of sp³-hybridized carbons (Fsp3) is 0.536. The molecule has 0 saturated heterocycles. The number of pyridine rings is 1. The van der Waals surface area contributed by atoms with Gasteiger partial charge in [0.1, 0.15) is 0 Å². The summed E-state index contributed by atoms with van der Waals surface area (Å²) in [5.41, 5.74) is 4.82. The molecule has 9 heteroatoms. The summed E-state index contributed by atoms with van der Waals surface area (Å²) in [5.74, 6) is 0.562. The van der Waals surface area contributed by atoms with Crippen molar-refractivity contribution in [2.75, 3.05) is 5.75 Å². The average molecular weight is 523 g/mol. The van der Waals surface area contributed by atoms with Crippen LogP contribution in [0, 0.1) is 45.9 Å². The molecule has 4 aliphatic rings. The molecule has 6 rings (SSSR count). The van der Waals surface area contributed by atoms with Crippen LogP contribution in [0.4, 0.5) is 4.39 Å². The van der Waals surface area contributed by atoms with Crippen molar-refractivity contribution in [1.82, 2.24) is 14.8 Å². The minimum absolute atomic E-state index is 0.124. The van der Waals surface area contributed by atoms with E-state index >= 15 is 0 Å². The van der Waals surface area contributed by atoms with Crippen LogP contribution < -0.4 is 0 Å². The molecule has 7 nitrogen and oxygen atoms in total. The van der Waals surface area contributed by atoms with E-state index in [1.807, 2.05) is 10.9 Å². The van der Waals surface area contributed by atoms with Gasteiger partial charge in [-0.15, -0.1) is 0 Å². The Morgan fingerprint density at radius 1 is 1.27 bits per heavy atom. The summed E-state index contributed by atoms with van der Waals surface area (Å²) in [5, 5.41) is 35.4. The summed E-state index contributed by atoms with van der Waals surface area (Å²) in [6, 6.07) is 5.15. The number of thioether (sulfide) groups is 1. The Morgan fingerprint density at radius 2 is 2.11 bits per heavy atom. The number of hydrogen-bond acceptors (Lipinski definition) is 7. The van der Waals surface area contributed by atoms with Crippen LogP contribution in [0.5, 0.6) is 0 Å². The van der Waals surface area contributed by atoms with Crippen LogP contribution in [0.2, 0.25) is 0 Å². The lowest BCUT2D eigenvalue weighted by atomic mass is 9.46. The molecule has 0 amide bonds. The van der Waals surface area contributed by atoms with Gasteiger partial charge in [-0.05, 0) is 96.5 Å². The highest BCUT2D eigenvalue weighted by molar-refractivity contribution is 8.03. The number of aliphatic hydroxyl groups excluding tert-OH is 1. The van der Waals surface area contributed by atoms with Crippen molar-refractivity contribution in [3.63, 3.8) is 0 Å². The molecule has 2 N–H and O–H groups in total. The Labute approximate surface area is 220 Å². The first-order valence-corrected chi connectivity index (χ1v) is 13.9. The molecular weight excluding hydrogens is 491 g/mol. The highest BCUT2D eigenvalue weighted by Crippen LogP contribution is 2.67. The van der Waals surface area contributed by atoms with Crippen molar-refractivity contribution < 1.29 is 19.6 Å². The quantitative estimate of drug-likeness (QED) is 0.236. The summed E-state index contributed by atoms with van der Waals surface area (Å²) in [7, 11) is 0. The largest absolute Gasteiger partial charge is 0.393 e. The molecule has 2 heterocycles. The van der Waals surface area contributed by atoms with Crippen LogP contribution in [0.25, 0.3) is 11.8 Å². The molecule has 6 unspecified atom stereocenters. The van der Waals surface area contributed by atoms with Gasteiger partial charge in [0.25, 0.3) is 0 Å². The first kappa shape index (κ1) is 24.7. The summed E-state index contributed by atoms with van der Waals surface area (Å²) in [6.07, 6.45) is 10.3. The summed E-state index contributed by atoms with van der Waals surface area (Å²) in [4.78, 5) is 8.57. The van der Waals surface area contributed by atoms with Gasteiger partial charge in [0.2, 0.25) is 5.95 Å². The number of nitriles is 1. The van der Waals surface area contributed by atoms with Crippen LogP contribution in [-0.2, 0) is 11.3 Å². The van der Waals surface area contributed by atoms with Gasteiger partial charge in [-0.1, -0.05) is 31.2 Å². The smallest absolute Gasteiger partial charge is 0.212 e. The van der Waals surface area contributed by atoms with Crippen molar-refractivity contribution in [3.05, 3.63) is 58.0 Å². The Kier molecular flexibility index (Phi) is 5.98. The fourth-order valence-corrected chi connectivity index (χ4v) is 9.05. The van der Waals surface area contributed by atoms with E-state index in [9.17, 15) is 14.8 Å². The van der Waals surface area contributed by atoms with E-state index in [1.54, 1.807) is 6.07 Å². The predicted molar refractivity (Wildman–Crippen MR) is 138 cm³/mol. The van der Waals surface area contributed by atoms with Gasteiger partial charge in [0, 0.05) is 0 Å². The molecule has 6 atom stereocenters. The van der Waals surface area contributed by atoms with Crippen LogP contribution in [0.3, 0.4) is 0 Å². The van der Waals surface area contributed by atoms with Crippen LogP contribution in [0.1, 0.15) is 57.2 Å². The number of hydrogen-bond donors (Lipinski definition) is 2. The molecule has 194 valence electrons. The number of allylic oxidation sites excluding steroid dienone is 2. The second-order valence-corrected chi connectivity index (χ2v) is 12.4. The van der Waals surface area contributed by atoms with E-state index in [0.29, 0.717) is 23.3 Å². The van der Waals surface area contributed by atoms with Crippen LogP contribution >= 0.6 is 11.8 Å². The first-order chi connectivity index (χ1) is 17.8. The Bertz CT molecular complexity index is 1330. The maximum Gasteiger partial charge on any atom is 0.212 e. The SMILES string of the molecule is CC12CC(O)C3C(CCC4=Cc5c(cnn5-c5ccc(F)nc5)CC43C)C1CCC2=C(OO)SCC#N. The lowest BCUT2D eigenvalue weighted by Gasteiger charge is -2.59. The molecule has 0 bridgehead atoms. The second kappa shape index (κ2) is 8.97. The topological polar surface area (TPSA) is 104 Å². The van der Waals surface area contributed by atoms with E-state index in [1.165, 1.54) is 29.6 Å². The molecule has 3 fully saturated rings. The van der Waals surface area contributed by atoms with Gasteiger partial charge in [-0.3, -0.25) is 0 Å². The molecule has 0 aromatic carbocycles. The Morgan fingerprint density at radius 3 is 2.84 bits per heavy atom. The fourth-order valence-electron chi connectivity index (χ4n) is 8.30. The van der Waals surface area contributed by atoms with Crippen molar-refractivity contribution >= 4 is 17.8 Å². The zero-order valence-electron chi connectivity index (χ0n) is 21.0. The lowest BCUT2D eigenvalue weighted by molar-refractivity contribution is -0.194. The second-order valence-electron chi connectivity index (χ2n) is 11.4. The number of fused-ring (bicyclic) bond motifs is 6. The lowest BCUT2D eigenvalue weighted by Crippen LogP contribution is -2.56. The van der Waals surface area contributed by atoms with Gasteiger partial charge in [-0.2, -0.15) is 14.8 Å². The minimum atomic E-state index is -0.515. The standard InChI is InChI=1S/C28H31FN4O3S/c1-27-12-16-14-32-33(18-4-8-24(29)31-15-18)22(16)11-17(27)3-5-19-20-6-7-21(26(36-35)37-10-9-30)28(20,2)13-23(34)25(19)27/h4,8,11,14-15,19-20,23,25,34-35H,3,5-7,10,12-13H2,1-2H3. The Hall–Kier alpha value is -2.67. The molecule has 0 spiro atoms. The number of aliphatic hydroxyl groups is 1. The van der Waals surface area contributed by atoms with Crippen LogP contribution in [0.15, 0.2) is 40.8 Å². The van der Waals surface area contributed by atoms with Gasteiger partial charge in [0.15, 0.2) is 5.09 Å². The third-order valence-electron chi connectivity index (χ3n) is 9.76. The molecule has 0 aliphatic heterocycles. The number of nitrogens with zero attached hydrogens (tertiary/aromatic N) is 4. The highest BCUT2D eigenvalue weighted by atomic mass is 32.2. The van der Waals surface area contributed by atoms with E-state index in [0.717, 1.165) is 54.6 Å². The molecule has 2 aromatic heterocycles. The minimum Gasteiger partial charge on any atom is -0.393 e. The monoisotopic (exact) mass is 522 g/mol. The zero-order chi connectivity index (χ0) is 25.9. The van der Waals surface area contributed by atoms with E-state index in [2.05, 4.69) is 36.1 Å². The highest BCUT2D eigenvalue weighted by Gasteiger charge is 2.61. The molecule has 4 aliphatic carbocycles. The molecule has 37 heavy (non-hydrogen) atoms. The van der Waals surface area contributed by atoms with E-state index in [4.69, 9.17) is 10.1 Å². The maximum absolute atomic E-state index is 13.4. The molecular formula is C28H31FN4O3S. The van der Waals surface area contributed by atoms with E-state index in [-0.39, 0.29) is 22.5 Å². The summed E-state index contributed by atoms with van der Waals surface area (Å²) < 4.78 is 15.2. The predicted octanol–water partition coefficient (Wildman–Crippen LogP) is 5.52. The van der Waals surface area contributed by atoms with Crippen molar-refractivity contribution in [3.8, 4) is 11.8 Å². The summed E-state index contributed by atoms with van der Waals surface area (Å²) >= 11 is 1.24. The first-order valence-electron chi connectivity index (χ1n) is 12.9. The maximum atomic E-state index is 13.4. The van der Waals surface area contributed by atoms with Gasteiger partial charge >= 0.3 is 0 Å². The van der Waals surface area contributed by atoms with Crippen molar-refractivity contribution in [2.45, 2.75) is 58.5 Å². The van der Waals surface area contributed by atoms with Gasteiger partial charge in [0.05, 0.1) is 41.7 Å². The average Bonchev–Trinajstić information content (AvgIpc) is 3.43. The number of halogens is 1. The third-order valence-corrected chi connectivity index (χ3v) is 10.6. The zero-order valence-corrected chi connectivity index (χ0v) is 21.8. The van der Waals surface area contributed by atoms with Crippen LogP contribution in [-0.4, -0.2) is 37.0 Å². The van der Waals surface area contributed by atoms with Crippen molar-refractivity contribution in [1.29, 1.82) is 5.26 Å². The number of aromatic nitrogens is 3. The number of rotatable bonds is 4. The van der Waals surface area contributed by atoms with Gasteiger partial charge < -0.3 is 9.99 Å². The third kappa shape index (κ3) is 3.68. The van der Waals surface area contributed by atoms with Gasteiger partial charge in [-0.25, -0.2) is 14.9 Å². The molecule has 3 saturated carbocycles. The van der Waals surface area contributed by atoms with E-state index < -0.39 is 12.1 Å². The molecule has 0 radical (unpaired) electrons.